The van der Waals surface area contributed by atoms with Crippen molar-refractivity contribution in [3.8, 4) is 33.8 Å². The van der Waals surface area contributed by atoms with Crippen LogP contribution in [0.2, 0.25) is 0 Å². The van der Waals surface area contributed by atoms with Crippen molar-refractivity contribution in [2.75, 3.05) is 14.1 Å². The van der Waals surface area contributed by atoms with E-state index in [4.69, 9.17) is 4.42 Å². The number of hydrogen-bond donors (Lipinski definition) is 0. The van der Waals surface area contributed by atoms with Crippen LogP contribution in [0.5, 0.6) is 0 Å². The molecule has 3 aromatic carbocycles. The van der Waals surface area contributed by atoms with E-state index < -0.39 is 17.8 Å². The number of benzene rings is 3. The first-order valence-corrected chi connectivity index (χ1v) is 11.9. The van der Waals surface area contributed by atoms with Crippen LogP contribution < -0.4 is 0 Å². The predicted molar refractivity (Wildman–Crippen MR) is 143 cm³/mol. The summed E-state index contributed by atoms with van der Waals surface area (Å²) in [4.78, 5) is 40.2. The quantitative estimate of drug-likeness (QED) is 0.221. The molecule has 6 nitrogen and oxygen atoms in total. The zero-order valence-electron chi connectivity index (χ0n) is 20.3. The van der Waals surface area contributed by atoms with Crippen LogP contribution in [0.1, 0.15) is 5.56 Å². The fourth-order valence-corrected chi connectivity index (χ4v) is 4.88. The average Bonchev–Trinajstić information content (AvgIpc) is 3.27. The number of hydrogen-bond acceptors (Lipinski definition) is 4. The third-order valence-corrected chi connectivity index (χ3v) is 6.79. The average molecular weight is 487 g/mol. The van der Waals surface area contributed by atoms with Gasteiger partial charge in [0, 0.05) is 30.8 Å². The maximum Gasteiger partial charge on any atom is 0.333 e. The minimum absolute atomic E-state index is 0.0937. The molecule has 0 atom stereocenters. The Balaban J connectivity index is 1.70. The summed E-state index contributed by atoms with van der Waals surface area (Å²) in [6.45, 7) is 0. The lowest BCUT2D eigenvalue weighted by atomic mass is 9.96. The van der Waals surface area contributed by atoms with Crippen molar-refractivity contribution in [3.05, 3.63) is 102 Å². The van der Waals surface area contributed by atoms with Crippen molar-refractivity contribution >= 4 is 34.7 Å². The topological polar surface area (TPSA) is 70.8 Å². The zero-order chi connectivity index (χ0) is 25.7. The van der Waals surface area contributed by atoms with Crippen molar-refractivity contribution in [1.29, 1.82) is 0 Å². The lowest BCUT2D eigenvalue weighted by molar-refractivity contribution is -0.134. The molecular formula is C31H22N2O4. The molecule has 1 aliphatic carbocycles. The summed E-state index contributed by atoms with van der Waals surface area (Å²) in [5, 5.41) is 1.79. The molecule has 0 unspecified atom stereocenters. The van der Waals surface area contributed by atoms with E-state index in [2.05, 4.69) is 0 Å². The van der Waals surface area contributed by atoms with Gasteiger partial charge >= 0.3 is 6.03 Å². The maximum atomic E-state index is 13.0. The van der Waals surface area contributed by atoms with Crippen molar-refractivity contribution in [2.45, 2.75) is 0 Å². The van der Waals surface area contributed by atoms with Gasteiger partial charge in [0.2, 0.25) is 0 Å². The number of nitrogens with zero attached hydrogens (tertiary/aromatic N) is 2. The van der Waals surface area contributed by atoms with Crippen molar-refractivity contribution in [1.82, 2.24) is 9.80 Å². The van der Waals surface area contributed by atoms with E-state index in [9.17, 15) is 14.4 Å². The molecule has 0 radical (unpaired) electrons. The smallest absolute Gasteiger partial charge is 0.333 e. The van der Waals surface area contributed by atoms with Crippen molar-refractivity contribution in [2.24, 2.45) is 0 Å². The molecular weight excluding hydrogens is 464 g/mol. The first-order valence-electron chi connectivity index (χ1n) is 11.9. The normalized spacial score (nSPS) is 14.2. The second kappa shape index (κ2) is 8.60. The van der Waals surface area contributed by atoms with E-state index >= 15 is 0 Å². The fraction of sp³-hybridized carbons (Fsp3) is 0.0645. The molecule has 2 aliphatic heterocycles. The number of barbiturate groups is 1. The molecule has 0 bridgehead atoms. The highest BCUT2D eigenvalue weighted by atomic mass is 16.3. The van der Waals surface area contributed by atoms with Gasteiger partial charge in [0.1, 0.15) is 17.1 Å². The highest BCUT2D eigenvalue weighted by Crippen LogP contribution is 2.48. The van der Waals surface area contributed by atoms with Gasteiger partial charge in [-0.15, -0.1) is 0 Å². The van der Waals surface area contributed by atoms with Crippen LogP contribution in [0.25, 0.3) is 50.6 Å². The van der Waals surface area contributed by atoms with Crippen LogP contribution in [0.15, 0.2) is 101 Å². The van der Waals surface area contributed by atoms with E-state index in [1.807, 2.05) is 91.0 Å². The molecule has 0 saturated carbocycles. The molecule has 3 aliphatic rings. The molecule has 0 aromatic heterocycles. The lowest BCUT2D eigenvalue weighted by Crippen LogP contribution is -2.52. The fourth-order valence-electron chi connectivity index (χ4n) is 4.88. The molecule has 37 heavy (non-hydrogen) atoms. The monoisotopic (exact) mass is 486 g/mol. The van der Waals surface area contributed by atoms with E-state index in [0.717, 1.165) is 42.8 Å². The van der Waals surface area contributed by atoms with Gasteiger partial charge in [-0.1, -0.05) is 84.9 Å². The summed E-state index contributed by atoms with van der Waals surface area (Å²) in [5.41, 5.74) is 4.32. The Morgan fingerprint density at radius 1 is 0.676 bits per heavy atom. The third kappa shape index (κ3) is 3.53. The van der Waals surface area contributed by atoms with Gasteiger partial charge in [0.05, 0.1) is 0 Å². The minimum atomic E-state index is -0.660. The molecule has 1 fully saturated rings. The van der Waals surface area contributed by atoms with Gasteiger partial charge in [-0.25, -0.2) is 4.79 Å². The summed E-state index contributed by atoms with van der Waals surface area (Å²) in [5.74, 6) is -0.0626. The standard InChI is InChI=1S/C31H22N2O4/c1-32-29(34)25(30(35)33(2)31(32)36)17-24-21-15-9-10-16-22(21)27-23(19-11-5-3-6-12-19)18-26(37-28(24)27)20-13-7-4-8-14-20/h3-18H,1-2H3. The first-order chi connectivity index (χ1) is 18.0. The number of rotatable bonds is 3. The van der Waals surface area contributed by atoms with E-state index in [1.54, 1.807) is 6.08 Å². The number of urea groups is 1. The third-order valence-electron chi connectivity index (χ3n) is 6.79. The first kappa shape index (κ1) is 22.5. The summed E-state index contributed by atoms with van der Waals surface area (Å²) in [7, 11) is 2.74. The molecule has 6 rings (SSSR count). The van der Waals surface area contributed by atoms with Crippen molar-refractivity contribution in [3.63, 3.8) is 0 Å². The summed E-state index contributed by atoms with van der Waals surface area (Å²) >= 11 is 0. The molecule has 0 spiro atoms. The largest absolute Gasteiger partial charge is 0.455 e. The van der Waals surface area contributed by atoms with Gasteiger partial charge in [-0.3, -0.25) is 19.4 Å². The van der Waals surface area contributed by atoms with Gasteiger partial charge in [0.15, 0.2) is 0 Å². The van der Waals surface area contributed by atoms with Crippen LogP contribution in [0.3, 0.4) is 0 Å². The van der Waals surface area contributed by atoms with E-state index in [0.29, 0.717) is 17.1 Å². The summed E-state index contributed by atoms with van der Waals surface area (Å²) < 4.78 is 6.55. The summed E-state index contributed by atoms with van der Waals surface area (Å²) in [6.07, 6.45) is 1.56. The number of carbonyl (C=O) groups excluding carboxylic acids is 3. The molecule has 0 N–H and O–H groups in total. The molecule has 180 valence electrons. The molecule has 6 heteroatoms. The van der Waals surface area contributed by atoms with Crippen LogP contribution in [0, 0.1) is 0 Å². The molecule has 2 heterocycles. The minimum Gasteiger partial charge on any atom is -0.455 e. The van der Waals surface area contributed by atoms with Crippen LogP contribution in [0.4, 0.5) is 4.79 Å². The Hall–Kier alpha value is -4.97. The second-order valence-corrected chi connectivity index (χ2v) is 8.99. The Bertz CT molecular complexity index is 1670. The van der Waals surface area contributed by atoms with E-state index in [1.165, 1.54) is 14.1 Å². The Labute approximate surface area is 213 Å². The highest BCUT2D eigenvalue weighted by Gasteiger charge is 2.38. The lowest BCUT2D eigenvalue weighted by Gasteiger charge is -2.28. The zero-order valence-corrected chi connectivity index (χ0v) is 20.3. The van der Waals surface area contributed by atoms with Gasteiger partial charge in [0.25, 0.3) is 11.8 Å². The summed E-state index contributed by atoms with van der Waals surface area (Å²) in [6, 6.07) is 29.0. The van der Waals surface area contributed by atoms with Crippen LogP contribution in [-0.4, -0.2) is 41.7 Å². The predicted octanol–water partition coefficient (Wildman–Crippen LogP) is 6.31. The molecule has 3 aromatic rings. The van der Waals surface area contributed by atoms with Crippen LogP contribution in [-0.2, 0) is 9.59 Å². The van der Waals surface area contributed by atoms with Crippen LogP contribution >= 0.6 is 0 Å². The van der Waals surface area contributed by atoms with Gasteiger partial charge < -0.3 is 4.42 Å². The number of imide groups is 2. The van der Waals surface area contributed by atoms with Gasteiger partial charge in [-0.05, 0) is 34.0 Å². The second-order valence-electron chi connectivity index (χ2n) is 8.99. The Morgan fingerprint density at radius 3 is 1.84 bits per heavy atom. The SMILES string of the molecule is CN1C(=O)C(=Cc2c3oc(-c4ccccc4)cc(-c4ccccc4)c-3c3ccccc23)C(=O)N(C)C1=O. The Kier molecular flexibility index (Phi) is 5.23. The van der Waals surface area contributed by atoms with Gasteiger partial charge in [-0.2, -0.15) is 0 Å². The number of fused-ring (bicyclic) bond motifs is 3. The highest BCUT2D eigenvalue weighted by molar-refractivity contribution is 6.31. The Morgan fingerprint density at radius 2 is 1.22 bits per heavy atom. The number of likely N-dealkylation sites (N-methyl/N-ethyl adjacent to an activating group) is 2. The van der Waals surface area contributed by atoms with Crippen molar-refractivity contribution < 1.29 is 18.8 Å². The number of amides is 4. The maximum absolute atomic E-state index is 13.0. The molecule has 1 saturated heterocycles. The van der Waals surface area contributed by atoms with E-state index in [-0.39, 0.29) is 5.57 Å². The number of carbonyl (C=O) groups is 3. The molecule has 4 amide bonds.